The molecule has 0 unspecified atom stereocenters. The maximum atomic E-state index is 11.3. The Morgan fingerprint density at radius 2 is 2.18 bits per heavy atom. The fourth-order valence-electron chi connectivity index (χ4n) is 3.22. The minimum absolute atomic E-state index is 0.374. The molecule has 1 saturated heterocycles. The molecule has 0 atom stereocenters. The smallest absolute Gasteiger partial charge is 0.248 e. The van der Waals surface area contributed by atoms with Crippen LogP contribution in [-0.4, -0.2) is 34.8 Å². The molecule has 2 aromatic rings. The van der Waals surface area contributed by atoms with Crippen LogP contribution in [0.1, 0.15) is 54.6 Å². The standard InChI is InChI=1S/C17H23N3OS/c1-2-3-8-20-9-6-12(7-10-20)16-14-5-4-13(17(18)21)11-15(14)22-19-16/h4-5,11-12H,2-3,6-10H2,1H3,(H2,18,21). The second-order valence-electron chi connectivity index (χ2n) is 6.11. The lowest BCUT2D eigenvalue weighted by Crippen LogP contribution is -2.33. The van der Waals surface area contributed by atoms with E-state index in [1.54, 1.807) is 0 Å². The third-order valence-electron chi connectivity index (χ3n) is 4.59. The summed E-state index contributed by atoms with van der Waals surface area (Å²) in [6.45, 7) is 5.81. The molecule has 5 heteroatoms. The number of aromatic nitrogens is 1. The fraction of sp³-hybridized carbons (Fsp3) is 0.529. The molecular formula is C17H23N3OS. The average molecular weight is 317 g/mol. The van der Waals surface area contributed by atoms with Gasteiger partial charge in [0.25, 0.3) is 0 Å². The van der Waals surface area contributed by atoms with Gasteiger partial charge in [-0.15, -0.1) is 0 Å². The Kier molecular flexibility index (Phi) is 4.74. The molecule has 0 radical (unpaired) electrons. The Balaban J connectivity index is 1.73. The lowest BCUT2D eigenvalue weighted by molar-refractivity contribution is 0.100. The van der Waals surface area contributed by atoms with Crippen LogP contribution in [0.25, 0.3) is 10.1 Å². The van der Waals surface area contributed by atoms with E-state index in [0.717, 1.165) is 4.70 Å². The summed E-state index contributed by atoms with van der Waals surface area (Å²) in [5, 5.41) is 1.20. The Hall–Kier alpha value is -1.46. The van der Waals surface area contributed by atoms with Crippen molar-refractivity contribution >= 4 is 27.5 Å². The Labute approximate surface area is 135 Å². The van der Waals surface area contributed by atoms with Crippen LogP contribution in [0.15, 0.2) is 18.2 Å². The molecule has 22 heavy (non-hydrogen) atoms. The number of unbranched alkanes of at least 4 members (excludes halogenated alkanes) is 1. The Bertz CT molecular complexity index is 659. The van der Waals surface area contributed by atoms with Gasteiger partial charge < -0.3 is 10.6 Å². The number of carbonyl (C=O) groups is 1. The van der Waals surface area contributed by atoms with E-state index in [0.29, 0.717) is 11.5 Å². The lowest BCUT2D eigenvalue weighted by Gasteiger charge is -2.31. The van der Waals surface area contributed by atoms with Crippen molar-refractivity contribution in [2.24, 2.45) is 5.73 Å². The minimum Gasteiger partial charge on any atom is -0.366 e. The number of primary amides is 1. The monoisotopic (exact) mass is 317 g/mol. The van der Waals surface area contributed by atoms with Gasteiger partial charge in [0.1, 0.15) is 0 Å². The zero-order valence-corrected chi connectivity index (χ0v) is 13.9. The van der Waals surface area contributed by atoms with E-state index in [9.17, 15) is 4.79 Å². The first-order valence-corrected chi connectivity index (χ1v) is 8.88. The Morgan fingerprint density at radius 1 is 1.41 bits per heavy atom. The molecule has 0 aliphatic carbocycles. The van der Waals surface area contributed by atoms with Gasteiger partial charge in [0, 0.05) is 16.9 Å². The molecule has 2 heterocycles. The van der Waals surface area contributed by atoms with Gasteiger partial charge in [0.2, 0.25) is 5.91 Å². The maximum absolute atomic E-state index is 11.3. The van der Waals surface area contributed by atoms with Gasteiger partial charge in [-0.3, -0.25) is 4.79 Å². The molecule has 1 aliphatic rings. The number of amides is 1. The molecule has 0 spiro atoms. The normalized spacial score (nSPS) is 17.1. The van der Waals surface area contributed by atoms with Crippen LogP contribution in [0.5, 0.6) is 0 Å². The van der Waals surface area contributed by atoms with E-state index >= 15 is 0 Å². The molecule has 2 N–H and O–H groups in total. The molecule has 0 saturated carbocycles. The number of hydrogen-bond acceptors (Lipinski definition) is 4. The van der Waals surface area contributed by atoms with Crippen molar-refractivity contribution in [3.8, 4) is 0 Å². The van der Waals surface area contributed by atoms with E-state index < -0.39 is 0 Å². The number of nitrogens with two attached hydrogens (primary N) is 1. The number of carbonyl (C=O) groups excluding carboxylic acids is 1. The first-order chi connectivity index (χ1) is 10.7. The molecular weight excluding hydrogens is 294 g/mol. The largest absolute Gasteiger partial charge is 0.366 e. The molecule has 1 aromatic heterocycles. The molecule has 4 nitrogen and oxygen atoms in total. The van der Waals surface area contributed by atoms with Crippen LogP contribution < -0.4 is 5.73 Å². The van der Waals surface area contributed by atoms with Gasteiger partial charge in [-0.1, -0.05) is 19.4 Å². The summed E-state index contributed by atoms with van der Waals surface area (Å²) in [6, 6.07) is 5.70. The second-order valence-corrected chi connectivity index (χ2v) is 6.92. The van der Waals surface area contributed by atoms with E-state index in [4.69, 9.17) is 5.73 Å². The first-order valence-electron chi connectivity index (χ1n) is 8.10. The summed E-state index contributed by atoms with van der Waals surface area (Å²) < 4.78 is 5.75. The lowest BCUT2D eigenvalue weighted by atomic mass is 9.91. The van der Waals surface area contributed by atoms with Crippen LogP contribution in [0.3, 0.4) is 0 Å². The van der Waals surface area contributed by atoms with Gasteiger partial charge >= 0.3 is 0 Å². The van der Waals surface area contributed by atoms with Crippen LogP contribution in [0.4, 0.5) is 0 Å². The zero-order valence-electron chi connectivity index (χ0n) is 13.0. The van der Waals surface area contributed by atoms with Crippen LogP contribution in [0.2, 0.25) is 0 Å². The highest BCUT2D eigenvalue weighted by molar-refractivity contribution is 7.13. The van der Waals surface area contributed by atoms with Crippen LogP contribution >= 0.6 is 11.5 Å². The molecule has 118 valence electrons. The fourth-order valence-corrected chi connectivity index (χ4v) is 4.11. The van der Waals surface area contributed by atoms with Crippen molar-refractivity contribution in [2.75, 3.05) is 19.6 Å². The third-order valence-corrected chi connectivity index (χ3v) is 5.41. The molecule has 1 fully saturated rings. The van der Waals surface area contributed by atoms with Crippen molar-refractivity contribution in [3.05, 3.63) is 29.5 Å². The number of piperidine rings is 1. The van der Waals surface area contributed by atoms with Gasteiger partial charge in [-0.2, -0.15) is 4.37 Å². The summed E-state index contributed by atoms with van der Waals surface area (Å²) in [7, 11) is 0. The summed E-state index contributed by atoms with van der Waals surface area (Å²) in [5.74, 6) is 0.173. The molecule has 1 amide bonds. The topological polar surface area (TPSA) is 59.2 Å². The van der Waals surface area contributed by atoms with E-state index in [1.165, 1.54) is 67.9 Å². The molecule has 0 bridgehead atoms. The summed E-state index contributed by atoms with van der Waals surface area (Å²) >= 11 is 1.48. The van der Waals surface area contributed by atoms with Gasteiger partial charge in [0.05, 0.1) is 10.4 Å². The van der Waals surface area contributed by atoms with Gasteiger partial charge in [-0.25, -0.2) is 0 Å². The van der Waals surface area contributed by atoms with E-state index in [2.05, 4.69) is 16.2 Å². The maximum Gasteiger partial charge on any atom is 0.248 e. The Morgan fingerprint density at radius 3 is 2.86 bits per heavy atom. The predicted octanol–water partition coefficient (Wildman–Crippen LogP) is 3.37. The highest BCUT2D eigenvalue weighted by Crippen LogP contribution is 2.34. The van der Waals surface area contributed by atoms with E-state index in [-0.39, 0.29) is 5.91 Å². The van der Waals surface area contributed by atoms with Crippen LogP contribution in [-0.2, 0) is 0 Å². The summed E-state index contributed by atoms with van der Waals surface area (Å²) in [4.78, 5) is 13.8. The van der Waals surface area contributed by atoms with Crippen molar-refractivity contribution in [3.63, 3.8) is 0 Å². The second kappa shape index (κ2) is 6.75. The van der Waals surface area contributed by atoms with Crippen molar-refractivity contribution in [1.29, 1.82) is 0 Å². The van der Waals surface area contributed by atoms with Crippen molar-refractivity contribution in [2.45, 2.75) is 38.5 Å². The summed E-state index contributed by atoms with van der Waals surface area (Å²) in [5.41, 5.74) is 7.13. The number of rotatable bonds is 5. The molecule has 1 aliphatic heterocycles. The highest BCUT2D eigenvalue weighted by Gasteiger charge is 2.24. The van der Waals surface area contributed by atoms with Gasteiger partial charge in [-0.05, 0) is 62.6 Å². The number of benzene rings is 1. The minimum atomic E-state index is -0.374. The van der Waals surface area contributed by atoms with Crippen LogP contribution in [0, 0.1) is 0 Å². The number of nitrogens with zero attached hydrogens (tertiary/aromatic N) is 2. The van der Waals surface area contributed by atoms with E-state index in [1.807, 2.05) is 18.2 Å². The summed E-state index contributed by atoms with van der Waals surface area (Å²) in [6.07, 6.45) is 4.92. The number of fused-ring (bicyclic) bond motifs is 1. The third kappa shape index (κ3) is 3.15. The molecule has 1 aromatic carbocycles. The molecule has 3 rings (SSSR count). The number of likely N-dealkylation sites (tertiary alicyclic amines) is 1. The van der Waals surface area contributed by atoms with Crippen molar-refractivity contribution in [1.82, 2.24) is 9.27 Å². The zero-order chi connectivity index (χ0) is 15.5. The quantitative estimate of drug-likeness (QED) is 0.919. The first kappa shape index (κ1) is 15.4. The number of hydrogen-bond donors (Lipinski definition) is 1. The van der Waals surface area contributed by atoms with Gasteiger partial charge in [0.15, 0.2) is 0 Å². The predicted molar refractivity (Wildman–Crippen MR) is 91.5 cm³/mol. The van der Waals surface area contributed by atoms with Crippen molar-refractivity contribution < 1.29 is 4.79 Å². The SMILES string of the molecule is CCCCN1CCC(c2nsc3cc(C(N)=O)ccc23)CC1. The highest BCUT2D eigenvalue weighted by atomic mass is 32.1. The average Bonchev–Trinajstić information content (AvgIpc) is 2.96.